The average Bonchev–Trinajstić information content (AvgIpc) is 2.85. The highest BCUT2D eigenvalue weighted by Crippen LogP contribution is 2.04. The second-order valence-electron chi connectivity index (χ2n) is 4.67. The Kier molecular flexibility index (Phi) is 6.59. The first-order valence-electron chi connectivity index (χ1n) is 6.62. The second-order valence-corrected chi connectivity index (χ2v) is 4.67. The number of aliphatic hydroxyl groups is 1. The van der Waals surface area contributed by atoms with Crippen LogP contribution in [0.5, 0.6) is 0 Å². The maximum Gasteiger partial charge on any atom is 0.335 e. The summed E-state index contributed by atoms with van der Waals surface area (Å²) in [6.07, 6.45) is 5.48. The van der Waals surface area contributed by atoms with Gasteiger partial charge in [-0.05, 0) is 24.1 Å². The minimum Gasteiger partial charge on any atom is -0.478 e. The van der Waals surface area contributed by atoms with Crippen molar-refractivity contribution >= 4 is 5.97 Å². The van der Waals surface area contributed by atoms with Crippen molar-refractivity contribution in [3.63, 3.8) is 0 Å². The Labute approximate surface area is 119 Å². The van der Waals surface area contributed by atoms with E-state index in [0.29, 0.717) is 0 Å². The van der Waals surface area contributed by atoms with Crippen LogP contribution in [0, 0.1) is 0 Å². The first kappa shape index (κ1) is 16.0. The van der Waals surface area contributed by atoms with E-state index < -0.39 is 5.97 Å². The minimum atomic E-state index is -0.950. The largest absolute Gasteiger partial charge is 0.478 e. The van der Waals surface area contributed by atoms with Gasteiger partial charge in [0.05, 0.1) is 18.8 Å². The number of aliphatic hydroxyl groups excluding tert-OH is 1. The topological polar surface area (TPSA) is 64.0 Å². The molecule has 110 valence electrons. The number of nitrogens with zero attached hydrogens (tertiary/aromatic N) is 2. The summed E-state index contributed by atoms with van der Waals surface area (Å²) >= 11 is 0. The van der Waals surface area contributed by atoms with Crippen molar-refractivity contribution < 1.29 is 15.0 Å². The summed E-state index contributed by atoms with van der Waals surface area (Å²) < 4.78 is 0. The van der Waals surface area contributed by atoms with Crippen molar-refractivity contribution in [2.75, 3.05) is 20.3 Å². The molecule has 5 heteroatoms. The Balaban J connectivity index is 0.000000204. The number of benzene rings is 1. The maximum absolute atomic E-state index is 10.3. The Bertz CT molecular complexity index is 443. The molecule has 2 rings (SSSR count). The molecule has 0 atom stereocenters. The van der Waals surface area contributed by atoms with E-state index in [4.69, 9.17) is 10.2 Å². The predicted molar refractivity (Wildman–Crippen MR) is 78.1 cm³/mol. The van der Waals surface area contributed by atoms with Gasteiger partial charge >= 0.3 is 5.97 Å². The van der Waals surface area contributed by atoms with Crippen LogP contribution in [0.4, 0.5) is 0 Å². The van der Waals surface area contributed by atoms with Gasteiger partial charge in [0, 0.05) is 26.0 Å². The molecule has 0 fully saturated rings. The molecule has 0 saturated heterocycles. The highest BCUT2D eigenvalue weighted by molar-refractivity contribution is 5.87. The van der Waals surface area contributed by atoms with Crippen molar-refractivity contribution in [2.45, 2.75) is 20.0 Å². The Morgan fingerprint density at radius 1 is 1.25 bits per heavy atom. The van der Waals surface area contributed by atoms with E-state index in [1.807, 2.05) is 0 Å². The average molecular weight is 278 g/mol. The summed E-state index contributed by atoms with van der Waals surface area (Å²) in [4.78, 5) is 14.8. The van der Waals surface area contributed by atoms with Gasteiger partial charge in [-0.15, -0.1) is 0 Å². The van der Waals surface area contributed by atoms with Crippen molar-refractivity contribution in [1.29, 1.82) is 0 Å². The SMILES string of the molecule is CCCN1C=CN(C)C1.O=C(O)c1ccc(CO)cc1. The number of hydrogen-bond acceptors (Lipinski definition) is 4. The van der Waals surface area contributed by atoms with Gasteiger partial charge < -0.3 is 20.0 Å². The van der Waals surface area contributed by atoms with Crippen molar-refractivity contribution in [1.82, 2.24) is 9.80 Å². The standard InChI is InChI=1S/C8H8O3.C7H14N2/c9-5-6-1-3-7(4-2-6)8(10)11;1-3-4-9-6-5-8(2)7-9/h1-4,9H,5H2,(H,10,11);5-6H,3-4,7H2,1-2H3. The molecule has 0 amide bonds. The van der Waals surface area contributed by atoms with Crippen LogP contribution in [0.3, 0.4) is 0 Å². The third kappa shape index (κ3) is 5.32. The molecule has 0 bridgehead atoms. The number of aromatic carboxylic acids is 1. The van der Waals surface area contributed by atoms with Crippen LogP contribution in [0.15, 0.2) is 36.7 Å². The van der Waals surface area contributed by atoms with Crippen molar-refractivity contribution in [3.05, 3.63) is 47.8 Å². The lowest BCUT2D eigenvalue weighted by molar-refractivity contribution is 0.0697. The van der Waals surface area contributed by atoms with Gasteiger partial charge in [0.1, 0.15) is 0 Å². The maximum atomic E-state index is 10.3. The van der Waals surface area contributed by atoms with Gasteiger partial charge in [-0.25, -0.2) is 4.79 Å². The third-order valence-electron chi connectivity index (χ3n) is 2.83. The number of carboxylic acid groups (broad SMARTS) is 1. The molecule has 1 heterocycles. The zero-order valence-corrected chi connectivity index (χ0v) is 12.0. The molecule has 1 aromatic carbocycles. The third-order valence-corrected chi connectivity index (χ3v) is 2.83. The fourth-order valence-electron chi connectivity index (χ4n) is 1.77. The van der Waals surface area contributed by atoms with Crippen LogP contribution < -0.4 is 0 Å². The van der Waals surface area contributed by atoms with E-state index >= 15 is 0 Å². The second kappa shape index (κ2) is 8.22. The highest BCUT2D eigenvalue weighted by Gasteiger charge is 2.05. The Morgan fingerprint density at radius 2 is 1.90 bits per heavy atom. The summed E-state index contributed by atoms with van der Waals surface area (Å²) in [7, 11) is 2.09. The molecule has 0 unspecified atom stereocenters. The van der Waals surface area contributed by atoms with Gasteiger partial charge in [-0.1, -0.05) is 19.1 Å². The Hall–Kier alpha value is -2.01. The molecule has 1 aliphatic heterocycles. The number of carboxylic acids is 1. The molecule has 0 saturated carbocycles. The normalized spacial score (nSPS) is 13.2. The zero-order chi connectivity index (χ0) is 15.0. The summed E-state index contributed by atoms with van der Waals surface area (Å²) in [6.45, 7) is 4.39. The van der Waals surface area contributed by atoms with Gasteiger partial charge in [0.25, 0.3) is 0 Å². The Morgan fingerprint density at radius 3 is 2.30 bits per heavy atom. The van der Waals surface area contributed by atoms with E-state index in [1.54, 1.807) is 12.1 Å². The monoisotopic (exact) mass is 278 g/mol. The number of carbonyl (C=O) groups is 1. The molecular weight excluding hydrogens is 256 g/mol. The van der Waals surface area contributed by atoms with Crippen LogP contribution in [0.2, 0.25) is 0 Å². The van der Waals surface area contributed by atoms with E-state index in [9.17, 15) is 4.79 Å². The number of rotatable bonds is 4. The molecule has 2 N–H and O–H groups in total. The molecular formula is C15H22N2O3. The lowest BCUT2D eigenvalue weighted by Gasteiger charge is -2.16. The molecule has 0 aromatic heterocycles. The fourth-order valence-corrected chi connectivity index (χ4v) is 1.77. The lowest BCUT2D eigenvalue weighted by atomic mass is 10.1. The van der Waals surface area contributed by atoms with Gasteiger partial charge in [-0.2, -0.15) is 0 Å². The molecule has 0 spiro atoms. The summed E-state index contributed by atoms with van der Waals surface area (Å²) in [5.74, 6) is -0.950. The first-order valence-corrected chi connectivity index (χ1v) is 6.62. The smallest absolute Gasteiger partial charge is 0.335 e. The molecule has 1 aliphatic rings. The van der Waals surface area contributed by atoms with Gasteiger partial charge in [0.2, 0.25) is 0 Å². The first-order chi connectivity index (χ1) is 9.56. The molecule has 0 aliphatic carbocycles. The summed E-state index contributed by atoms with van der Waals surface area (Å²) in [6, 6.07) is 6.11. The molecule has 20 heavy (non-hydrogen) atoms. The van der Waals surface area contributed by atoms with E-state index in [1.165, 1.54) is 25.1 Å². The minimum absolute atomic E-state index is 0.0557. The summed E-state index contributed by atoms with van der Waals surface area (Å²) in [5.41, 5.74) is 0.956. The summed E-state index contributed by atoms with van der Waals surface area (Å²) in [5, 5.41) is 17.1. The quantitative estimate of drug-likeness (QED) is 0.881. The molecule has 5 nitrogen and oxygen atoms in total. The van der Waals surface area contributed by atoms with Crippen LogP contribution in [0.25, 0.3) is 0 Å². The van der Waals surface area contributed by atoms with E-state index in [2.05, 4.69) is 36.2 Å². The highest BCUT2D eigenvalue weighted by atomic mass is 16.4. The van der Waals surface area contributed by atoms with Crippen LogP contribution >= 0.6 is 0 Å². The number of hydrogen-bond donors (Lipinski definition) is 2. The van der Waals surface area contributed by atoms with Crippen LogP contribution in [0.1, 0.15) is 29.3 Å². The van der Waals surface area contributed by atoms with Crippen LogP contribution in [-0.2, 0) is 6.61 Å². The molecule has 1 aromatic rings. The van der Waals surface area contributed by atoms with Crippen LogP contribution in [-0.4, -0.2) is 46.2 Å². The van der Waals surface area contributed by atoms with Gasteiger partial charge in [-0.3, -0.25) is 0 Å². The van der Waals surface area contributed by atoms with E-state index in [0.717, 1.165) is 12.2 Å². The van der Waals surface area contributed by atoms with Gasteiger partial charge in [0.15, 0.2) is 0 Å². The zero-order valence-electron chi connectivity index (χ0n) is 12.0. The van der Waals surface area contributed by atoms with Crippen molar-refractivity contribution in [3.8, 4) is 0 Å². The van der Waals surface area contributed by atoms with E-state index in [-0.39, 0.29) is 12.2 Å². The lowest BCUT2D eigenvalue weighted by Crippen LogP contribution is -2.22. The predicted octanol–water partition coefficient (Wildman–Crippen LogP) is 1.95. The molecule has 0 radical (unpaired) electrons. The fraction of sp³-hybridized carbons (Fsp3) is 0.400. The van der Waals surface area contributed by atoms with Crippen molar-refractivity contribution in [2.24, 2.45) is 0 Å².